The van der Waals surface area contributed by atoms with Crippen molar-refractivity contribution in [2.24, 2.45) is 5.73 Å². The monoisotopic (exact) mass is 252 g/mol. The lowest BCUT2D eigenvalue weighted by atomic mass is 10.1. The number of rotatable bonds is 6. The number of hydrogen-bond donors (Lipinski definition) is 4. The Morgan fingerprint density at radius 1 is 1.28 bits per heavy atom. The zero-order valence-electron chi connectivity index (χ0n) is 9.74. The molecule has 1 unspecified atom stereocenters. The molecular formula is C12H16N2O4. The van der Waals surface area contributed by atoms with Crippen LogP contribution in [0.15, 0.2) is 30.3 Å². The van der Waals surface area contributed by atoms with Crippen molar-refractivity contribution in [1.29, 1.82) is 0 Å². The predicted molar refractivity (Wildman–Crippen MR) is 64.8 cm³/mol. The van der Waals surface area contributed by atoms with Gasteiger partial charge in [0.1, 0.15) is 6.04 Å². The van der Waals surface area contributed by atoms with Gasteiger partial charge in [-0.1, -0.05) is 30.3 Å². The molecule has 0 saturated heterocycles. The number of amides is 1. The van der Waals surface area contributed by atoms with Crippen LogP contribution in [0.4, 0.5) is 0 Å². The fourth-order valence-electron chi connectivity index (χ4n) is 1.42. The highest BCUT2D eigenvalue weighted by molar-refractivity contribution is 5.87. The maximum atomic E-state index is 11.6. The van der Waals surface area contributed by atoms with Crippen LogP contribution in [0.3, 0.4) is 0 Å². The third kappa shape index (κ3) is 4.15. The molecule has 0 aliphatic heterocycles. The minimum atomic E-state index is -1.32. The highest BCUT2D eigenvalue weighted by Crippen LogP contribution is 2.02. The molecule has 0 spiro atoms. The number of nitrogens with two attached hydrogens (primary N) is 1. The van der Waals surface area contributed by atoms with Crippen molar-refractivity contribution < 1.29 is 19.8 Å². The second kappa shape index (κ2) is 6.73. The van der Waals surface area contributed by atoms with Crippen molar-refractivity contribution in [2.75, 3.05) is 6.61 Å². The SMILES string of the molecule is N[C@H](Cc1ccccc1)C(=O)NC(CO)C(=O)O. The van der Waals surface area contributed by atoms with E-state index in [0.717, 1.165) is 5.56 Å². The van der Waals surface area contributed by atoms with Crippen LogP contribution >= 0.6 is 0 Å². The number of aliphatic hydroxyl groups is 1. The van der Waals surface area contributed by atoms with Crippen LogP contribution in [-0.2, 0) is 16.0 Å². The molecule has 98 valence electrons. The Bertz CT molecular complexity index is 408. The van der Waals surface area contributed by atoms with Gasteiger partial charge < -0.3 is 21.3 Å². The second-order valence-electron chi connectivity index (χ2n) is 3.88. The minimum absolute atomic E-state index is 0.310. The first kappa shape index (κ1) is 14.1. The number of carbonyl (C=O) groups excluding carboxylic acids is 1. The molecule has 0 bridgehead atoms. The van der Waals surface area contributed by atoms with E-state index in [-0.39, 0.29) is 0 Å². The van der Waals surface area contributed by atoms with Crippen molar-refractivity contribution in [3.8, 4) is 0 Å². The lowest BCUT2D eigenvalue weighted by molar-refractivity contribution is -0.143. The van der Waals surface area contributed by atoms with Crippen LogP contribution in [0.2, 0.25) is 0 Å². The van der Waals surface area contributed by atoms with Crippen LogP contribution in [0.1, 0.15) is 5.56 Å². The van der Waals surface area contributed by atoms with E-state index in [0.29, 0.717) is 6.42 Å². The summed E-state index contributed by atoms with van der Waals surface area (Å²) in [5.74, 6) is -1.89. The molecular weight excluding hydrogens is 236 g/mol. The highest BCUT2D eigenvalue weighted by atomic mass is 16.4. The molecule has 2 atom stereocenters. The Balaban J connectivity index is 2.54. The quantitative estimate of drug-likeness (QED) is 0.525. The van der Waals surface area contributed by atoms with E-state index in [9.17, 15) is 9.59 Å². The van der Waals surface area contributed by atoms with Gasteiger partial charge in [0.25, 0.3) is 0 Å². The summed E-state index contributed by atoms with van der Waals surface area (Å²) in [6.45, 7) is -0.668. The lowest BCUT2D eigenvalue weighted by Crippen LogP contribution is -2.50. The average molecular weight is 252 g/mol. The first-order valence-corrected chi connectivity index (χ1v) is 5.48. The van der Waals surface area contributed by atoms with Crippen molar-refractivity contribution >= 4 is 11.9 Å². The number of aliphatic carboxylic acids is 1. The van der Waals surface area contributed by atoms with E-state index < -0.39 is 30.6 Å². The number of carbonyl (C=O) groups is 2. The molecule has 0 saturated carbocycles. The third-order valence-corrected chi connectivity index (χ3v) is 2.43. The molecule has 6 heteroatoms. The number of hydrogen-bond acceptors (Lipinski definition) is 4. The Labute approximate surface area is 104 Å². The highest BCUT2D eigenvalue weighted by Gasteiger charge is 2.22. The molecule has 1 aromatic carbocycles. The molecule has 0 aromatic heterocycles. The molecule has 0 aliphatic carbocycles. The molecule has 6 nitrogen and oxygen atoms in total. The van der Waals surface area contributed by atoms with E-state index in [1.165, 1.54) is 0 Å². The summed E-state index contributed by atoms with van der Waals surface area (Å²) < 4.78 is 0. The molecule has 1 rings (SSSR count). The Kier molecular flexibility index (Phi) is 5.29. The van der Waals surface area contributed by atoms with E-state index in [2.05, 4.69) is 5.32 Å². The van der Waals surface area contributed by atoms with E-state index in [1.807, 2.05) is 30.3 Å². The maximum Gasteiger partial charge on any atom is 0.328 e. The Morgan fingerprint density at radius 2 is 1.89 bits per heavy atom. The standard InChI is InChI=1S/C12H16N2O4/c13-9(6-8-4-2-1-3-5-8)11(16)14-10(7-15)12(17)18/h1-5,9-10,15H,6-7,13H2,(H,14,16)(H,17,18)/t9-,10?/m1/s1. The normalized spacial score (nSPS) is 13.7. The number of carboxylic acid groups (broad SMARTS) is 1. The topological polar surface area (TPSA) is 113 Å². The lowest BCUT2D eigenvalue weighted by Gasteiger charge is -2.16. The van der Waals surface area contributed by atoms with Gasteiger partial charge in [-0.05, 0) is 12.0 Å². The third-order valence-electron chi connectivity index (χ3n) is 2.43. The van der Waals surface area contributed by atoms with Crippen molar-refractivity contribution in [3.05, 3.63) is 35.9 Å². The first-order chi connectivity index (χ1) is 8.54. The Hall–Kier alpha value is -1.92. The fourth-order valence-corrected chi connectivity index (χ4v) is 1.42. The summed E-state index contributed by atoms with van der Waals surface area (Å²) in [4.78, 5) is 22.2. The molecule has 18 heavy (non-hydrogen) atoms. The van der Waals surface area contributed by atoms with E-state index in [1.54, 1.807) is 0 Å². The van der Waals surface area contributed by atoms with Gasteiger partial charge in [0.05, 0.1) is 12.6 Å². The zero-order valence-corrected chi connectivity index (χ0v) is 9.74. The smallest absolute Gasteiger partial charge is 0.328 e. The summed E-state index contributed by atoms with van der Waals surface area (Å²) in [6, 6.07) is 6.99. The summed E-state index contributed by atoms with van der Waals surface area (Å²) in [5, 5.41) is 19.6. The van der Waals surface area contributed by atoms with Gasteiger partial charge in [-0.15, -0.1) is 0 Å². The van der Waals surface area contributed by atoms with E-state index in [4.69, 9.17) is 15.9 Å². The van der Waals surface area contributed by atoms with Crippen molar-refractivity contribution in [1.82, 2.24) is 5.32 Å². The second-order valence-corrected chi connectivity index (χ2v) is 3.88. The molecule has 0 radical (unpaired) electrons. The van der Waals surface area contributed by atoms with Gasteiger partial charge in [0.15, 0.2) is 0 Å². The van der Waals surface area contributed by atoms with E-state index >= 15 is 0 Å². The molecule has 0 aliphatic rings. The summed E-state index contributed by atoms with van der Waals surface area (Å²) in [7, 11) is 0. The number of aliphatic hydroxyl groups excluding tert-OH is 1. The number of benzene rings is 1. The Morgan fingerprint density at radius 3 is 2.39 bits per heavy atom. The number of carboxylic acids is 1. The van der Waals surface area contributed by atoms with Gasteiger partial charge in [0, 0.05) is 0 Å². The van der Waals surface area contributed by atoms with Crippen LogP contribution in [0.5, 0.6) is 0 Å². The summed E-state index contributed by atoms with van der Waals surface area (Å²) in [6.07, 6.45) is 0.310. The van der Waals surface area contributed by atoms with Crippen molar-refractivity contribution in [2.45, 2.75) is 18.5 Å². The van der Waals surface area contributed by atoms with Crippen LogP contribution in [0, 0.1) is 0 Å². The van der Waals surface area contributed by atoms with Gasteiger partial charge in [0.2, 0.25) is 5.91 Å². The molecule has 0 fully saturated rings. The molecule has 1 aromatic rings. The van der Waals surface area contributed by atoms with Gasteiger partial charge in [-0.25, -0.2) is 4.79 Å². The predicted octanol–water partition coefficient (Wildman–Crippen LogP) is -0.882. The largest absolute Gasteiger partial charge is 0.480 e. The average Bonchev–Trinajstić information content (AvgIpc) is 2.36. The molecule has 1 amide bonds. The molecule has 0 heterocycles. The summed E-state index contributed by atoms with van der Waals surface area (Å²) in [5.41, 5.74) is 6.55. The van der Waals surface area contributed by atoms with Gasteiger partial charge in [-0.3, -0.25) is 4.79 Å². The van der Waals surface area contributed by atoms with Gasteiger partial charge in [-0.2, -0.15) is 0 Å². The fraction of sp³-hybridized carbons (Fsp3) is 0.333. The molecule has 5 N–H and O–H groups in total. The van der Waals surface area contributed by atoms with Crippen LogP contribution in [-0.4, -0.2) is 40.8 Å². The first-order valence-electron chi connectivity index (χ1n) is 5.48. The van der Waals surface area contributed by atoms with Crippen LogP contribution in [0.25, 0.3) is 0 Å². The number of nitrogens with one attached hydrogen (secondary N) is 1. The zero-order chi connectivity index (χ0) is 13.5. The van der Waals surface area contributed by atoms with Gasteiger partial charge >= 0.3 is 5.97 Å². The maximum absolute atomic E-state index is 11.6. The van der Waals surface area contributed by atoms with Crippen LogP contribution < -0.4 is 11.1 Å². The summed E-state index contributed by atoms with van der Waals surface area (Å²) >= 11 is 0. The van der Waals surface area contributed by atoms with Crippen molar-refractivity contribution in [3.63, 3.8) is 0 Å². The minimum Gasteiger partial charge on any atom is -0.480 e.